The van der Waals surface area contributed by atoms with E-state index < -0.39 is 5.91 Å². The van der Waals surface area contributed by atoms with Gasteiger partial charge in [0.15, 0.2) is 6.61 Å². The quantitative estimate of drug-likeness (QED) is 0.231. The van der Waals surface area contributed by atoms with Crippen molar-refractivity contribution >= 4 is 72.7 Å². The molecule has 0 atom stereocenters. The van der Waals surface area contributed by atoms with E-state index in [0.29, 0.717) is 36.7 Å². The van der Waals surface area contributed by atoms with Gasteiger partial charge in [-0.25, -0.2) is 0 Å². The molecule has 0 fully saturated rings. The number of hydrogen-bond donors (Lipinski definition) is 2. The Morgan fingerprint density at radius 3 is 2.47 bits per heavy atom. The summed E-state index contributed by atoms with van der Waals surface area (Å²) in [5.41, 5.74) is 2.41. The third-order valence-electron chi connectivity index (χ3n) is 4.57. The van der Waals surface area contributed by atoms with Gasteiger partial charge in [0.2, 0.25) is 0 Å². The minimum absolute atomic E-state index is 0.144. The highest BCUT2D eigenvalue weighted by Gasteiger charge is 2.16. The number of carbonyl (C=O) groups is 2. The molecule has 3 rings (SSSR count). The smallest absolute Gasteiger partial charge is 0.266 e. The maximum atomic E-state index is 12.7. The molecular formula is C25H18Br2ClN3O3. The van der Waals surface area contributed by atoms with E-state index in [0.717, 1.165) is 5.56 Å². The maximum absolute atomic E-state index is 12.7. The number of nitrogens with zero attached hydrogens (tertiary/aromatic N) is 1. The highest BCUT2D eigenvalue weighted by atomic mass is 79.9. The summed E-state index contributed by atoms with van der Waals surface area (Å²) in [5.74, 6) is -0.626. The molecule has 34 heavy (non-hydrogen) atoms. The van der Waals surface area contributed by atoms with Crippen LogP contribution in [0.5, 0.6) is 5.75 Å². The fourth-order valence-corrected chi connectivity index (χ4v) is 4.41. The Labute approximate surface area is 218 Å². The van der Waals surface area contributed by atoms with Crippen molar-refractivity contribution in [3.63, 3.8) is 0 Å². The molecule has 0 aliphatic rings. The van der Waals surface area contributed by atoms with E-state index in [1.165, 1.54) is 6.08 Å². The zero-order valence-electron chi connectivity index (χ0n) is 17.9. The van der Waals surface area contributed by atoms with Crippen molar-refractivity contribution in [3.8, 4) is 11.8 Å². The van der Waals surface area contributed by atoms with Crippen LogP contribution in [-0.4, -0.2) is 18.4 Å². The summed E-state index contributed by atoms with van der Waals surface area (Å²) in [5, 5.41) is 15.6. The highest BCUT2D eigenvalue weighted by Crippen LogP contribution is 2.34. The number of nitrogens with one attached hydrogen (secondary N) is 2. The maximum Gasteiger partial charge on any atom is 0.266 e. The standard InChI is InChI=1S/C25H18Br2ClN3O3/c1-15-4-2-3-5-22(15)31-23(32)14-34-24-16(11-18(26)12-21(24)27)10-17(13-29)25(33)30-20-8-6-19(28)7-9-20/h2-12H,14H2,1H3,(H,30,33)(H,31,32)/b17-10-. The molecule has 2 amide bonds. The van der Waals surface area contributed by atoms with E-state index in [4.69, 9.17) is 16.3 Å². The van der Waals surface area contributed by atoms with Gasteiger partial charge in [0, 0.05) is 26.4 Å². The van der Waals surface area contributed by atoms with Crippen molar-refractivity contribution in [2.45, 2.75) is 6.92 Å². The molecule has 2 N–H and O–H groups in total. The number of ether oxygens (including phenoxy) is 1. The van der Waals surface area contributed by atoms with E-state index in [2.05, 4.69) is 42.5 Å². The van der Waals surface area contributed by atoms with Crippen LogP contribution in [0.1, 0.15) is 11.1 Å². The van der Waals surface area contributed by atoms with Gasteiger partial charge in [0.05, 0.1) is 4.47 Å². The Balaban J connectivity index is 1.80. The molecule has 0 aromatic heterocycles. The van der Waals surface area contributed by atoms with Crippen molar-refractivity contribution < 1.29 is 14.3 Å². The molecule has 0 heterocycles. The van der Waals surface area contributed by atoms with Crippen molar-refractivity contribution in [1.29, 1.82) is 5.26 Å². The third kappa shape index (κ3) is 6.94. The summed E-state index contributed by atoms with van der Waals surface area (Å²) in [4.78, 5) is 25.1. The fraction of sp³-hybridized carbons (Fsp3) is 0.0800. The van der Waals surface area contributed by atoms with Crippen molar-refractivity contribution in [3.05, 3.63) is 91.3 Å². The molecule has 0 saturated carbocycles. The molecule has 0 saturated heterocycles. The van der Waals surface area contributed by atoms with Gasteiger partial charge >= 0.3 is 0 Å². The predicted octanol–water partition coefficient (Wildman–Crippen LogP) is 6.74. The SMILES string of the molecule is Cc1ccccc1NC(=O)COc1c(Br)cc(Br)cc1/C=C(/C#N)C(=O)Nc1ccc(Cl)cc1. The lowest BCUT2D eigenvalue weighted by molar-refractivity contribution is -0.118. The first-order chi connectivity index (χ1) is 16.3. The van der Waals surface area contributed by atoms with Gasteiger partial charge in [0.25, 0.3) is 11.8 Å². The number of rotatable bonds is 7. The number of para-hydroxylation sites is 1. The number of halogens is 3. The first-order valence-electron chi connectivity index (χ1n) is 9.93. The van der Waals surface area contributed by atoms with Gasteiger partial charge in [0.1, 0.15) is 17.4 Å². The molecule has 0 spiro atoms. The summed E-state index contributed by atoms with van der Waals surface area (Å²) >= 11 is 12.7. The summed E-state index contributed by atoms with van der Waals surface area (Å²) in [6.07, 6.45) is 1.40. The highest BCUT2D eigenvalue weighted by molar-refractivity contribution is 9.11. The van der Waals surface area contributed by atoms with Gasteiger partial charge in [-0.1, -0.05) is 45.7 Å². The minimum atomic E-state index is -0.593. The van der Waals surface area contributed by atoms with E-state index in [1.807, 2.05) is 31.2 Å². The zero-order valence-corrected chi connectivity index (χ0v) is 21.8. The van der Waals surface area contributed by atoms with Crippen molar-refractivity contribution in [2.75, 3.05) is 17.2 Å². The summed E-state index contributed by atoms with van der Waals surface area (Å²) < 4.78 is 7.01. The summed E-state index contributed by atoms with van der Waals surface area (Å²) in [6.45, 7) is 1.62. The molecular weight excluding hydrogens is 586 g/mol. The number of carbonyl (C=O) groups excluding carboxylic acids is 2. The van der Waals surface area contributed by atoms with E-state index in [1.54, 1.807) is 42.5 Å². The van der Waals surface area contributed by atoms with E-state index >= 15 is 0 Å². The van der Waals surface area contributed by atoms with Crippen LogP contribution >= 0.6 is 43.5 Å². The van der Waals surface area contributed by atoms with E-state index in [-0.39, 0.29) is 18.1 Å². The van der Waals surface area contributed by atoms with E-state index in [9.17, 15) is 14.9 Å². The molecule has 172 valence electrons. The van der Waals surface area contributed by atoms with Crippen LogP contribution in [0, 0.1) is 18.3 Å². The second-order valence-electron chi connectivity index (χ2n) is 7.09. The molecule has 9 heteroatoms. The van der Waals surface area contributed by atoms with Crippen LogP contribution in [0.25, 0.3) is 6.08 Å². The molecule has 3 aromatic carbocycles. The van der Waals surface area contributed by atoms with Gasteiger partial charge in [-0.15, -0.1) is 0 Å². The molecule has 6 nitrogen and oxygen atoms in total. The zero-order chi connectivity index (χ0) is 24.7. The average Bonchev–Trinajstić information content (AvgIpc) is 2.79. The number of hydrogen-bond acceptors (Lipinski definition) is 4. The normalized spacial score (nSPS) is 10.9. The molecule has 0 aliphatic heterocycles. The molecule has 0 bridgehead atoms. The summed E-state index contributed by atoms with van der Waals surface area (Å²) in [7, 11) is 0. The monoisotopic (exact) mass is 601 g/mol. The molecule has 0 unspecified atom stereocenters. The van der Waals surface area contributed by atoms with Crippen LogP contribution in [0.3, 0.4) is 0 Å². The lowest BCUT2D eigenvalue weighted by atomic mass is 10.1. The van der Waals surface area contributed by atoms with Crippen molar-refractivity contribution in [1.82, 2.24) is 0 Å². The largest absolute Gasteiger partial charge is 0.482 e. The Morgan fingerprint density at radius 2 is 1.79 bits per heavy atom. The number of benzene rings is 3. The van der Waals surface area contributed by atoms with Gasteiger partial charge in [-0.3, -0.25) is 9.59 Å². The van der Waals surface area contributed by atoms with Gasteiger partial charge < -0.3 is 15.4 Å². The van der Waals surface area contributed by atoms with Crippen molar-refractivity contribution in [2.24, 2.45) is 0 Å². The average molecular weight is 604 g/mol. The van der Waals surface area contributed by atoms with Crippen LogP contribution < -0.4 is 15.4 Å². The second kappa shape index (κ2) is 11.8. The van der Waals surface area contributed by atoms with Gasteiger partial charge in [-0.05, 0) is 77.0 Å². The van der Waals surface area contributed by atoms with Crippen LogP contribution in [0.4, 0.5) is 11.4 Å². The minimum Gasteiger partial charge on any atom is -0.482 e. The lowest BCUT2D eigenvalue weighted by Gasteiger charge is -2.13. The first-order valence-corrected chi connectivity index (χ1v) is 11.9. The predicted molar refractivity (Wildman–Crippen MR) is 141 cm³/mol. The number of nitriles is 1. The lowest BCUT2D eigenvalue weighted by Crippen LogP contribution is -2.21. The van der Waals surface area contributed by atoms with Gasteiger partial charge in [-0.2, -0.15) is 5.26 Å². The Kier molecular flexibility index (Phi) is 8.88. The fourth-order valence-electron chi connectivity index (χ4n) is 2.91. The Bertz CT molecular complexity index is 1300. The second-order valence-corrected chi connectivity index (χ2v) is 9.30. The summed E-state index contributed by atoms with van der Waals surface area (Å²) in [6, 6.07) is 19.3. The Morgan fingerprint density at radius 1 is 1.09 bits per heavy atom. The number of anilines is 2. The Hall–Kier alpha value is -3.12. The molecule has 0 aliphatic carbocycles. The third-order valence-corrected chi connectivity index (χ3v) is 5.87. The van der Waals surface area contributed by atoms with Crippen LogP contribution in [0.15, 0.2) is 75.2 Å². The first kappa shape index (κ1) is 25.5. The molecule has 0 radical (unpaired) electrons. The number of aryl methyl sites for hydroxylation is 1. The van der Waals surface area contributed by atoms with Crippen LogP contribution in [-0.2, 0) is 9.59 Å². The number of amides is 2. The van der Waals surface area contributed by atoms with Crippen LogP contribution in [0.2, 0.25) is 5.02 Å². The topological polar surface area (TPSA) is 91.2 Å². The molecule has 3 aromatic rings.